The van der Waals surface area contributed by atoms with E-state index in [0.29, 0.717) is 18.4 Å². The van der Waals surface area contributed by atoms with Gasteiger partial charge in [0.2, 0.25) is 5.78 Å². The number of esters is 1. The lowest BCUT2D eigenvalue weighted by atomic mass is 9.93. The number of nitrogens with one attached hydrogen (secondary N) is 1. The molecule has 0 unspecified atom stereocenters. The van der Waals surface area contributed by atoms with E-state index < -0.39 is 36.1 Å². The summed E-state index contributed by atoms with van der Waals surface area (Å²) < 4.78 is 5.13. The summed E-state index contributed by atoms with van der Waals surface area (Å²) in [5.41, 5.74) is 0.475. The lowest BCUT2D eigenvalue weighted by Gasteiger charge is -2.23. The van der Waals surface area contributed by atoms with Crippen LogP contribution in [0, 0.1) is 6.92 Å². The van der Waals surface area contributed by atoms with Crippen LogP contribution in [0.15, 0.2) is 24.3 Å². The fourth-order valence-electron chi connectivity index (χ4n) is 2.92. The number of benzene rings is 1. The normalized spacial score (nSPS) is 17.0. The molecule has 7 heteroatoms. The van der Waals surface area contributed by atoms with Crippen molar-refractivity contribution < 1.29 is 23.9 Å². The third-order valence-electron chi connectivity index (χ3n) is 4.75. The molecule has 0 radical (unpaired) electrons. The second kappa shape index (κ2) is 7.68. The largest absolute Gasteiger partial charge is 0.453 e. The first-order valence-electron chi connectivity index (χ1n) is 8.68. The number of imide groups is 1. The van der Waals surface area contributed by atoms with Crippen LogP contribution < -0.4 is 5.32 Å². The molecule has 1 heterocycles. The second-order valence-corrected chi connectivity index (χ2v) is 6.47. The number of hydrogen-bond donors (Lipinski definition) is 1. The third kappa shape index (κ3) is 3.76. The van der Waals surface area contributed by atoms with Crippen molar-refractivity contribution in [3.05, 3.63) is 35.4 Å². The molecule has 0 aliphatic carbocycles. The number of hydrogen-bond acceptors (Lipinski definition) is 5. The van der Waals surface area contributed by atoms with Crippen molar-refractivity contribution in [3.63, 3.8) is 0 Å². The first kappa shape index (κ1) is 19.6. The zero-order valence-electron chi connectivity index (χ0n) is 15.5. The van der Waals surface area contributed by atoms with E-state index in [9.17, 15) is 19.2 Å². The van der Waals surface area contributed by atoms with E-state index in [0.717, 1.165) is 10.5 Å². The number of urea groups is 1. The zero-order chi connectivity index (χ0) is 19.5. The van der Waals surface area contributed by atoms with Crippen molar-refractivity contribution in [2.75, 3.05) is 6.54 Å². The minimum atomic E-state index is -1.01. The van der Waals surface area contributed by atoms with E-state index in [-0.39, 0.29) is 5.78 Å². The van der Waals surface area contributed by atoms with E-state index in [2.05, 4.69) is 5.32 Å². The van der Waals surface area contributed by atoms with Gasteiger partial charge in [-0.2, -0.15) is 0 Å². The molecule has 2 rings (SSSR count). The number of rotatable bonds is 7. The summed E-state index contributed by atoms with van der Waals surface area (Å²) in [6.45, 7) is 6.45. The van der Waals surface area contributed by atoms with Crippen molar-refractivity contribution >= 4 is 23.7 Å². The summed E-state index contributed by atoms with van der Waals surface area (Å²) in [4.78, 5) is 49.8. The molecule has 0 bridgehead atoms. The molecule has 0 saturated carbocycles. The Morgan fingerprint density at radius 3 is 2.23 bits per heavy atom. The van der Waals surface area contributed by atoms with Gasteiger partial charge in [-0.3, -0.25) is 19.3 Å². The van der Waals surface area contributed by atoms with Crippen molar-refractivity contribution in [1.82, 2.24) is 10.2 Å². The van der Waals surface area contributed by atoms with E-state index in [1.54, 1.807) is 38.1 Å². The molecule has 1 N–H and O–H groups in total. The van der Waals surface area contributed by atoms with Crippen LogP contribution in [0.4, 0.5) is 4.79 Å². The molecule has 26 heavy (non-hydrogen) atoms. The fraction of sp³-hybridized carbons (Fsp3) is 0.474. The van der Waals surface area contributed by atoms with E-state index >= 15 is 0 Å². The van der Waals surface area contributed by atoms with Gasteiger partial charge in [0.25, 0.3) is 5.91 Å². The Kier molecular flexibility index (Phi) is 5.79. The topological polar surface area (TPSA) is 92.8 Å². The molecule has 7 nitrogen and oxygen atoms in total. The molecule has 1 saturated heterocycles. The quantitative estimate of drug-likeness (QED) is 0.457. The van der Waals surface area contributed by atoms with Crippen molar-refractivity contribution in [1.29, 1.82) is 0 Å². The van der Waals surface area contributed by atoms with Crippen molar-refractivity contribution in [2.45, 2.75) is 52.2 Å². The maximum absolute atomic E-state index is 12.5. The Balaban J connectivity index is 2.00. The number of aryl methyl sites for hydroxylation is 1. The number of ether oxygens (including phenoxy) is 1. The number of Topliss-reactive ketones (excluding diaryl/α,β-unsaturated/α-hetero) is 1. The Bertz CT molecular complexity index is 722. The smallest absolute Gasteiger partial charge is 0.326 e. The second-order valence-electron chi connectivity index (χ2n) is 6.47. The van der Waals surface area contributed by atoms with E-state index in [1.807, 2.05) is 6.92 Å². The molecular formula is C19H24N2O5. The maximum Gasteiger partial charge on any atom is 0.326 e. The fourth-order valence-corrected chi connectivity index (χ4v) is 2.92. The standard InChI is InChI=1S/C19H24N2O5/c1-5-19(6-2)17(24)21(18(25)20-19)11-15(22)26-13(4)16(23)14-9-7-12(3)8-10-14/h7-10,13H,5-6,11H2,1-4H3,(H,20,25)/t13-/m1/s1. The summed E-state index contributed by atoms with van der Waals surface area (Å²) in [5, 5.41) is 2.64. The molecule has 1 aliphatic heterocycles. The minimum absolute atomic E-state index is 0.341. The van der Waals surface area contributed by atoms with Gasteiger partial charge in [0, 0.05) is 5.56 Å². The van der Waals surface area contributed by atoms with E-state index in [4.69, 9.17) is 4.74 Å². The predicted molar refractivity (Wildman–Crippen MR) is 94.6 cm³/mol. The van der Waals surface area contributed by atoms with Gasteiger partial charge in [-0.1, -0.05) is 43.7 Å². The van der Waals surface area contributed by atoms with Crippen LogP contribution in [0.5, 0.6) is 0 Å². The first-order valence-corrected chi connectivity index (χ1v) is 8.68. The molecule has 3 amide bonds. The highest BCUT2D eigenvalue weighted by atomic mass is 16.5. The summed E-state index contributed by atoms with van der Waals surface area (Å²) >= 11 is 0. The molecule has 140 valence electrons. The van der Waals surface area contributed by atoms with Crippen LogP contribution in [0.2, 0.25) is 0 Å². The summed E-state index contributed by atoms with van der Waals surface area (Å²) in [5.74, 6) is -1.58. The summed E-state index contributed by atoms with van der Waals surface area (Å²) in [6, 6.07) is 6.30. The first-order chi connectivity index (χ1) is 12.2. The number of amides is 3. The third-order valence-corrected chi connectivity index (χ3v) is 4.75. The van der Waals surface area contributed by atoms with Crippen molar-refractivity contribution in [2.24, 2.45) is 0 Å². The van der Waals surface area contributed by atoms with Crippen LogP contribution in [-0.4, -0.2) is 46.8 Å². The molecule has 0 spiro atoms. The number of carbonyl (C=O) groups is 4. The molecule has 1 aromatic carbocycles. The zero-order valence-corrected chi connectivity index (χ0v) is 15.5. The highest BCUT2D eigenvalue weighted by Gasteiger charge is 2.49. The van der Waals surface area contributed by atoms with Crippen LogP contribution in [0.25, 0.3) is 0 Å². The maximum atomic E-state index is 12.5. The average Bonchev–Trinajstić information content (AvgIpc) is 2.86. The number of ketones is 1. The molecular weight excluding hydrogens is 336 g/mol. The van der Waals surface area contributed by atoms with E-state index in [1.165, 1.54) is 6.92 Å². The Hall–Kier alpha value is -2.70. The monoisotopic (exact) mass is 360 g/mol. The summed E-state index contributed by atoms with van der Waals surface area (Å²) in [7, 11) is 0. The van der Waals surface area contributed by atoms with Gasteiger partial charge in [-0.25, -0.2) is 4.79 Å². The average molecular weight is 360 g/mol. The van der Waals surface area contributed by atoms with Crippen LogP contribution in [0.1, 0.15) is 49.5 Å². The van der Waals surface area contributed by atoms with Crippen LogP contribution in [-0.2, 0) is 14.3 Å². The Morgan fingerprint density at radius 1 is 1.15 bits per heavy atom. The van der Waals surface area contributed by atoms with Gasteiger partial charge in [-0.05, 0) is 26.7 Å². The highest BCUT2D eigenvalue weighted by Crippen LogP contribution is 2.24. The van der Waals surface area contributed by atoms with Gasteiger partial charge in [-0.15, -0.1) is 0 Å². The van der Waals surface area contributed by atoms with Gasteiger partial charge < -0.3 is 10.1 Å². The van der Waals surface area contributed by atoms with Crippen LogP contribution in [0.3, 0.4) is 0 Å². The minimum Gasteiger partial charge on any atom is -0.453 e. The molecule has 1 fully saturated rings. The number of carbonyl (C=O) groups excluding carboxylic acids is 4. The van der Waals surface area contributed by atoms with Gasteiger partial charge in [0.1, 0.15) is 12.1 Å². The molecule has 1 aromatic rings. The SMILES string of the molecule is CCC1(CC)NC(=O)N(CC(=O)O[C@H](C)C(=O)c2ccc(C)cc2)C1=O. The molecule has 1 aliphatic rings. The van der Waals surface area contributed by atoms with Gasteiger partial charge in [0.15, 0.2) is 6.10 Å². The van der Waals surface area contributed by atoms with Crippen LogP contribution >= 0.6 is 0 Å². The lowest BCUT2D eigenvalue weighted by Crippen LogP contribution is -2.46. The Labute approximate surface area is 152 Å². The summed E-state index contributed by atoms with van der Waals surface area (Å²) in [6.07, 6.45) is -0.141. The van der Waals surface area contributed by atoms with Gasteiger partial charge in [0.05, 0.1) is 0 Å². The predicted octanol–water partition coefficient (Wildman–Crippen LogP) is 2.22. The molecule has 1 atom stereocenters. The van der Waals surface area contributed by atoms with Gasteiger partial charge >= 0.3 is 12.0 Å². The number of nitrogens with zero attached hydrogens (tertiary/aromatic N) is 1. The molecule has 0 aromatic heterocycles. The highest BCUT2D eigenvalue weighted by molar-refractivity contribution is 6.08. The van der Waals surface area contributed by atoms with Crippen molar-refractivity contribution in [3.8, 4) is 0 Å². The Morgan fingerprint density at radius 2 is 1.73 bits per heavy atom. The lowest BCUT2D eigenvalue weighted by molar-refractivity contribution is -0.150.